The van der Waals surface area contributed by atoms with Crippen LogP contribution in [0.2, 0.25) is 0 Å². The van der Waals surface area contributed by atoms with E-state index < -0.39 is 0 Å². The lowest BCUT2D eigenvalue weighted by Gasteiger charge is -2.46. The summed E-state index contributed by atoms with van der Waals surface area (Å²) in [5.41, 5.74) is -0.358. The van der Waals surface area contributed by atoms with Crippen LogP contribution in [0.3, 0.4) is 0 Å². The molecule has 1 aliphatic heterocycles. The maximum atomic E-state index is 11.9. The molecular weight excluding hydrogens is 306 g/mol. The Bertz CT molecular complexity index is 356. The second-order valence-corrected chi connectivity index (χ2v) is 9.63. The van der Waals surface area contributed by atoms with Gasteiger partial charge in [-0.25, -0.2) is 0 Å². The number of rotatable bonds is 6. The fourth-order valence-corrected chi connectivity index (χ4v) is 6.41. The Morgan fingerprint density at radius 3 is 1.68 bits per heavy atom. The highest BCUT2D eigenvalue weighted by molar-refractivity contribution is 4.95. The maximum absolute atomic E-state index is 11.9. The highest BCUT2D eigenvalue weighted by Gasteiger charge is 2.43. The van der Waals surface area contributed by atoms with Crippen molar-refractivity contribution >= 4 is 0 Å². The van der Waals surface area contributed by atoms with Crippen molar-refractivity contribution in [2.75, 3.05) is 6.54 Å². The van der Waals surface area contributed by atoms with E-state index in [1.165, 1.54) is 96.4 Å². The highest BCUT2D eigenvalue weighted by atomic mass is 16.3. The molecule has 0 spiro atoms. The molecule has 146 valence electrons. The minimum Gasteiger partial charge on any atom is -0.389 e. The number of nitrogens with zero attached hydrogens (tertiary/aromatic N) is 1. The molecule has 2 aliphatic carbocycles. The second kappa shape index (κ2) is 9.22. The summed E-state index contributed by atoms with van der Waals surface area (Å²) in [6.45, 7) is 6.01. The van der Waals surface area contributed by atoms with Gasteiger partial charge in [-0.2, -0.15) is 0 Å². The van der Waals surface area contributed by atoms with Gasteiger partial charge in [0.1, 0.15) is 0 Å². The summed E-state index contributed by atoms with van der Waals surface area (Å²) < 4.78 is 0. The first kappa shape index (κ1) is 19.7. The van der Waals surface area contributed by atoms with E-state index in [2.05, 4.69) is 18.7 Å². The molecule has 2 nitrogen and oxygen atoms in total. The Hall–Kier alpha value is -0.0800. The number of hydrogen-bond donors (Lipinski definition) is 1. The van der Waals surface area contributed by atoms with Crippen molar-refractivity contribution in [1.29, 1.82) is 0 Å². The summed E-state index contributed by atoms with van der Waals surface area (Å²) in [6, 6.07) is 1.47. The molecule has 0 aromatic carbocycles. The van der Waals surface area contributed by atoms with E-state index in [-0.39, 0.29) is 5.60 Å². The largest absolute Gasteiger partial charge is 0.389 e. The van der Waals surface area contributed by atoms with E-state index >= 15 is 0 Å². The molecule has 2 heteroatoms. The van der Waals surface area contributed by atoms with Crippen molar-refractivity contribution < 1.29 is 5.11 Å². The summed E-state index contributed by atoms with van der Waals surface area (Å²) in [4.78, 5) is 2.73. The molecule has 1 heterocycles. The molecule has 3 rings (SSSR count). The molecule has 1 saturated heterocycles. The fraction of sp³-hybridized carbons (Fsp3) is 1.00. The van der Waals surface area contributed by atoms with Gasteiger partial charge < -0.3 is 5.11 Å². The molecule has 25 heavy (non-hydrogen) atoms. The average molecular weight is 350 g/mol. The van der Waals surface area contributed by atoms with Gasteiger partial charge in [0, 0.05) is 12.1 Å². The van der Waals surface area contributed by atoms with Crippen LogP contribution in [0, 0.1) is 11.8 Å². The summed E-state index contributed by atoms with van der Waals surface area (Å²) in [5.74, 6) is 1.17. The van der Waals surface area contributed by atoms with Gasteiger partial charge in [-0.1, -0.05) is 44.9 Å². The molecule has 0 unspecified atom stereocenters. The van der Waals surface area contributed by atoms with Crippen LogP contribution >= 0.6 is 0 Å². The zero-order chi connectivity index (χ0) is 17.7. The van der Waals surface area contributed by atoms with Crippen LogP contribution in [0.5, 0.6) is 0 Å². The van der Waals surface area contributed by atoms with Crippen LogP contribution in [0.25, 0.3) is 0 Å². The van der Waals surface area contributed by atoms with Crippen molar-refractivity contribution in [2.45, 2.75) is 128 Å². The third-order valence-electron chi connectivity index (χ3n) is 7.99. The Kier molecular flexibility index (Phi) is 7.26. The Morgan fingerprint density at radius 1 is 0.720 bits per heavy atom. The van der Waals surface area contributed by atoms with Crippen LogP contribution in [0.4, 0.5) is 0 Å². The van der Waals surface area contributed by atoms with Gasteiger partial charge in [0.15, 0.2) is 0 Å². The Labute approximate surface area is 156 Å². The van der Waals surface area contributed by atoms with Gasteiger partial charge in [0.25, 0.3) is 0 Å². The van der Waals surface area contributed by atoms with E-state index in [1.54, 1.807) is 0 Å². The highest BCUT2D eigenvalue weighted by Crippen LogP contribution is 2.45. The zero-order valence-corrected chi connectivity index (χ0v) is 17.0. The zero-order valence-electron chi connectivity index (χ0n) is 17.0. The normalized spacial score (nSPS) is 31.3. The van der Waals surface area contributed by atoms with Crippen molar-refractivity contribution in [3.8, 4) is 0 Å². The lowest BCUT2D eigenvalue weighted by atomic mass is 9.64. The molecule has 3 aliphatic rings. The third-order valence-corrected chi connectivity index (χ3v) is 7.99. The van der Waals surface area contributed by atoms with Gasteiger partial charge in [-0.05, 0) is 83.6 Å². The lowest BCUT2D eigenvalue weighted by molar-refractivity contribution is -0.100. The standard InChI is InChI=1S/C23H43NO/c1-19-11-9-12-20(2)24(19)18-10-17-23(25,21-13-5-3-6-14-21)22-15-7-4-8-16-22/h19-22,25H,3-18H2,1-2H3/t19-,20-/m0/s1. The molecule has 0 radical (unpaired) electrons. The maximum Gasteiger partial charge on any atom is 0.0704 e. The van der Waals surface area contributed by atoms with Gasteiger partial charge in [-0.15, -0.1) is 0 Å². The molecule has 3 fully saturated rings. The smallest absolute Gasteiger partial charge is 0.0704 e. The Balaban J connectivity index is 1.60. The first-order chi connectivity index (χ1) is 12.1. The number of hydrogen-bond acceptors (Lipinski definition) is 2. The number of piperidine rings is 1. The van der Waals surface area contributed by atoms with E-state index in [0.29, 0.717) is 11.8 Å². The topological polar surface area (TPSA) is 23.5 Å². The minimum absolute atomic E-state index is 0.358. The SMILES string of the molecule is C[C@H]1CCC[C@H](C)N1CCCC(O)(C1CCCCC1)C1CCCCC1. The van der Waals surface area contributed by atoms with Gasteiger partial charge >= 0.3 is 0 Å². The first-order valence-corrected chi connectivity index (χ1v) is 11.6. The fourth-order valence-electron chi connectivity index (χ4n) is 6.41. The molecule has 0 aromatic rings. The average Bonchev–Trinajstić information content (AvgIpc) is 2.65. The van der Waals surface area contributed by atoms with Crippen LogP contribution in [0.1, 0.15) is 110 Å². The summed E-state index contributed by atoms with van der Waals surface area (Å²) in [7, 11) is 0. The summed E-state index contributed by atoms with van der Waals surface area (Å²) >= 11 is 0. The molecule has 0 amide bonds. The Morgan fingerprint density at radius 2 is 1.20 bits per heavy atom. The van der Waals surface area contributed by atoms with Crippen LogP contribution in [-0.4, -0.2) is 34.2 Å². The number of aliphatic hydroxyl groups is 1. The minimum atomic E-state index is -0.358. The van der Waals surface area contributed by atoms with E-state index in [0.717, 1.165) is 18.5 Å². The van der Waals surface area contributed by atoms with E-state index in [4.69, 9.17) is 0 Å². The molecular formula is C23H43NO. The van der Waals surface area contributed by atoms with Crippen molar-refractivity contribution in [3.05, 3.63) is 0 Å². The van der Waals surface area contributed by atoms with E-state index in [9.17, 15) is 5.11 Å². The van der Waals surface area contributed by atoms with Crippen molar-refractivity contribution in [1.82, 2.24) is 4.90 Å². The summed E-state index contributed by atoms with van der Waals surface area (Å²) in [5, 5.41) is 11.9. The van der Waals surface area contributed by atoms with Gasteiger partial charge in [0.2, 0.25) is 0 Å². The number of likely N-dealkylation sites (tertiary alicyclic amines) is 1. The van der Waals surface area contributed by atoms with Gasteiger partial charge in [0.05, 0.1) is 5.60 Å². The van der Waals surface area contributed by atoms with Crippen molar-refractivity contribution in [2.24, 2.45) is 11.8 Å². The summed E-state index contributed by atoms with van der Waals surface area (Å²) in [6.07, 6.45) is 19.7. The van der Waals surface area contributed by atoms with Crippen LogP contribution in [0.15, 0.2) is 0 Å². The predicted octanol–water partition coefficient (Wildman–Crippen LogP) is 5.92. The molecule has 0 aromatic heterocycles. The first-order valence-electron chi connectivity index (χ1n) is 11.6. The quantitative estimate of drug-likeness (QED) is 0.643. The second-order valence-electron chi connectivity index (χ2n) is 9.63. The van der Waals surface area contributed by atoms with Gasteiger partial charge in [-0.3, -0.25) is 4.90 Å². The van der Waals surface area contributed by atoms with Crippen LogP contribution < -0.4 is 0 Å². The third kappa shape index (κ3) is 4.80. The van der Waals surface area contributed by atoms with Crippen LogP contribution in [-0.2, 0) is 0 Å². The molecule has 1 N–H and O–H groups in total. The van der Waals surface area contributed by atoms with Crippen molar-refractivity contribution in [3.63, 3.8) is 0 Å². The molecule has 2 saturated carbocycles. The monoisotopic (exact) mass is 349 g/mol. The molecule has 0 bridgehead atoms. The van der Waals surface area contributed by atoms with E-state index in [1.807, 2.05) is 0 Å². The molecule has 2 atom stereocenters. The lowest BCUT2D eigenvalue weighted by Crippen LogP contribution is -2.48. The predicted molar refractivity (Wildman–Crippen MR) is 107 cm³/mol.